The second kappa shape index (κ2) is 11.0. The van der Waals surface area contributed by atoms with Gasteiger partial charge in [0.05, 0.1) is 7.11 Å². The summed E-state index contributed by atoms with van der Waals surface area (Å²) in [6.07, 6.45) is 2.77. The lowest BCUT2D eigenvalue weighted by atomic mass is 9.79. The molecule has 1 atom stereocenters. The fourth-order valence-electron chi connectivity index (χ4n) is 4.72. The average Bonchev–Trinajstić information content (AvgIpc) is 3.15. The molecule has 9 heteroatoms. The van der Waals surface area contributed by atoms with Crippen LogP contribution in [0.5, 0.6) is 5.75 Å². The van der Waals surface area contributed by atoms with E-state index in [-0.39, 0.29) is 0 Å². The molecule has 3 heterocycles. The zero-order valence-electron chi connectivity index (χ0n) is 18.7. The number of carbonyl (C=O) groups is 1. The summed E-state index contributed by atoms with van der Waals surface area (Å²) < 4.78 is 37.1. The van der Waals surface area contributed by atoms with Crippen molar-refractivity contribution in [3.8, 4) is 5.75 Å². The Morgan fingerprint density at radius 3 is 2.39 bits per heavy atom. The molecular weight excluding hydrogens is 435 g/mol. The van der Waals surface area contributed by atoms with Crippen LogP contribution < -0.4 is 4.74 Å². The van der Waals surface area contributed by atoms with Gasteiger partial charge >= 0.3 is 12.1 Å². The first-order chi connectivity index (χ1) is 15.7. The van der Waals surface area contributed by atoms with E-state index in [9.17, 15) is 13.2 Å². The Morgan fingerprint density at radius 1 is 1.09 bits per heavy atom. The first kappa shape index (κ1) is 25.0. The molecule has 1 aromatic heterocycles. The minimum Gasteiger partial charge on any atom is -0.497 e. The number of aliphatic carboxylic acids is 1. The molecule has 0 saturated carbocycles. The number of pyridine rings is 1. The first-order valence-corrected chi connectivity index (χ1v) is 11.0. The maximum atomic E-state index is 10.6. The van der Waals surface area contributed by atoms with Gasteiger partial charge in [-0.3, -0.25) is 14.8 Å². The van der Waals surface area contributed by atoms with E-state index in [1.807, 2.05) is 24.5 Å². The Labute approximate surface area is 192 Å². The van der Waals surface area contributed by atoms with Crippen molar-refractivity contribution in [1.29, 1.82) is 0 Å². The second-order valence-electron chi connectivity index (χ2n) is 8.79. The van der Waals surface area contributed by atoms with Crippen LogP contribution in [0.4, 0.5) is 13.2 Å². The van der Waals surface area contributed by atoms with Crippen LogP contribution in [0.2, 0.25) is 0 Å². The standard InChI is InChI=1S/C22H29N3O.C2HF3O2/c1-26-21-7-2-5-19(13-21)15-24-11-4-8-22(17-24)9-12-25(18-22)16-20-6-3-10-23-14-20;3-2(4,5)1(6)7/h2-3,5-7,10,13-14H,4,8-9,11-12,15-18H2,1H3;(H,6,7). The number of piperidine rings is 1. The van der Waals surface area contributed by atoms with Crippen molar-refractivity contribution in [3.63, 3.8) is 0 Å². The number of aromatic nitrogens is 1. The molecular formula is C24H30F3N3O3. The van der Waals surface area contributed by atoms with Gasteiger partial charge in [-0.1, -0.05) is 18.2 Å². The minimum absolute atomic E-state index is 0.472. The van der Waals surface area contributed by atoms with Crippen LogP contribution in [-0.2, 0) is 17.9 Å². The van der Waals surface area contributed by atoms with Crippen LogP contribution in [-0.4, -0.2) is 65.3 Å². The summed E-state index contributed by atoms with van der Waals surface area (Å²) in [5.74, 6) is -1.80. The van der Waals surface area contributed by atoms with Crippen LogP contribution in [0.3, 0.4) is 0 Å². The second-order valence-corrected chi connectivity index (χ2v) is 8.79. The number of alkyl halides is 3. The van der Waals surface area contributed by atoms with E-state index in [0.29, 0.717) is 5.41 Å². The quantitative estimate of drug-likeness (QED) is 0.714. The van der Waals surface area contributed by atoms with E-state index in [1.54, 1.807) is 7.11 Å². The highest BCUT2D eigenvalue weighted by Gasteiger charge is 2.41. The van der Waals surface area contributed by atoms with E-state index in [1.165, 1.54) is 56.6 Å². The van der Waals surface area contributed by atoms with E-state index < -0.39 is 12.1 Å². The summed E-state index contributed by atoms with van der Waals surface area (Å²) in [6, 6.07) is 12.7. The van der Waals surface area contributed by atoms with E-state index in [2.05, 4.69) is 39.0 Å². The van der Waals surface area contributed by atoms with Crippen LogP contribution in [0.25, 0.3) is 0 Å². The maximum Gasteiger partial charge on any atom is 0.490 e. The Bertz CT molecular complexity index is 911. The lowest BCUT2D eigenvalue weighted by molar-refractivity contribution is -0.192. The van der Waals surface area contributed by atoms with Crippen molar-refractivity contribution in [1.82, 2.24) is 14.8 Å². The lowest BCUT2D eigenvalue weighted by Gasteiger charge is -2.40. The molecule has 0 amide bonds. The molecule has 0 radical (unpaired) electrons. The summed E-state index contributed by atoms with van der Waals surface area (Å²) in [5, 5.41) is 7.12. The normalized spacial score (nSPS) is 21.5. The zero-order chi connectivity index (χ0) is 23.9. The molecule has 6 nitrogen and oxygen atoms in total. The molecule has 2 fully saturated rings. The summed E-state index contributed by atoms with van der Waals surface area (Å²) in [4.78, 5) is 18.4. The van der Waals surface area contributed by atoms with E-state index in [4.69, 9.17) is 14.6 Å². The number of rotatable bonds is 5. The van der Waals surface area contributed by atoms with Gasteiger partial charge in [0.15, 0.2) is 0 Å². The molecule has 33 heavy (non-hydrogen) atoms. The van der Waals surface area contributed by atoms with E-state index in [0.717, 1.165) is 18.8 Å². The summed E-state index contributed by atoms with van der Waals surface area (Å²) >= 11 is 0. The molecule has 1 spiro atoms. The molecule has 2 aliphatic heterocycles. The number of hydrogen-bond acceptors (Lipinski definition) is 5. The topological polar surface area (TPSA) is 65.9 Å². The SMILES string of the molecule is COc1cccc(CN2CCCC3(CCN(Cc4cccnc4)C3)C2)c1.O=C(O)C(F)(F)F. The summed E-state index contributed by atoms with van der Waals surface area (Å²) in [5.41, 5.74) is 3.15. The van der Waals surface area contributed by atoms with Crippen LogP contribution in [0.1, 0.15) is 30.4 Å². The number of carboxylic acid groups (broad SMARTS) is 1. The Morgan fingerprint density at radius 2 is 1.76 bits per heavy atom. The number of ether oxygens (including phenoxy) is 1. The van der Waals surface area contributed by atoms with E-state index >= 15 is 0 Å². The zero-order valence-corrected chi connectivity index (χ0v) is 18.7. The molecule has 0 bridgehead atoms. The number of likely N-dealkylation sites (tertiary alicyclic amines) is 2. The summed E-state index contributed by atoms with van der Waals surface area (Å²) in [7, 11) is 1.74. The molecule has 2 aromatic rings. The molecule has 1 aromatic carbocycles. The number of benzene rings is 1. The molecule has 1 N–H and O–H groups in total. The van der Waals surface area contributed by atoms with Gasteiger partial charge in [0.1, 0.15) is 5.75 Å². The third-order valence-corrected chi connectivity index (χ3v) is 6.17. The van der Waals surface area contributed by atoms with Crippen LogP contribution in [0, 0.1) is 5.41 Å². The Balaban J connectivity index is 0.000000383. The number of hydrogen-bond donors (Lipinski definition) is 1. The Kier molecular flexibility index (Phi) is 8.31. The predicted molar refractivity (Wildman–Crippen MR) is 118 cm³/mol. The molecule has 2 saturated heterocycles. The minimum atomic E-state index is -5.08. The van der Waals surface area contributed by atoms with Crippen molar-refractivity contribution in [2.75, 3.05) is 33.3 Å². The highest BCUT2D eigenvalue weighted by molar-refractivity contribution is 5.73. The van der Waals surface area contributed by atoms with Gasteiger partial charge in [-0.15, -0.1) is 0 Å². The number of halogens is 3. The molecule has 180 valence electrons. The van der Waals surface area contributed by atoms with Gasteiger partial charge in [-0.25, -0.2) is 4.79 Å². The fraction of sp³-hybridized carbons (Fsp3) is 0.500. The fourth-order valence-corrected chi connectivity index (χ4v) is 4.72. The molecule has 4 rings (SSSR count). The van der Waals surface area contributed by atoms with Crippen molar-refractivity contribution < 1.29 is 27.8 Å². The number of methoxy groups -OCH3 is 1. The van der Waals surface area contributed by atoms with Gasteiger partial charge in [-0.2, -0.15) is 13.2 Å². The molecule has 2 aliphatic rings. The largest absolute Gasteiger partial charge is 0.497 e. The van der Waals surface area contributed by atoms with Crippen LogP contribution >= 0.6 is 0 Å². The van der Waals surface area contributed by atoms with Crippen molar-refractivity contribution in [2.24, 2.45) is 5.41 Å². The van der Waals surface area contributed by atoms with Gasteiger partial charge in [0, 0.05) is 38.6 Å². The average molecular weight is 466 g/mol. The Hall–Kier alpha value is -2.65. The lowest BCUT2D eigenvalue weighted by Crippen LogP contribution is -2.44. The van der Waals surface area contributed by atoms with Gasteiger partial charge in [0.25, 0.3) is 0 Å². The number of nitrogens with zero attached hydrogens (tertiary/aromatic N) is 3. The first-order valence-electron chi connectivity index (χ1n) is 11.0. The van der Waals surface area contributed by atoms with Crippen molar-refractivity contribution in [3.05, 3.63) is 59.9 Å². The monoisotopic (exact) mass is 465 g/mol. The smallest absolute Gasteiger partial charge is 0.490 e. The van der Waals surface area contributed by atoms with Crippen LogP contribution in [0.15, 0.2) is 48.8 Å². The van der Waals surface area contributed by atoms with Gasteiger partial charge in [-0.05, 0) is 67.1 Å². The predicted octanol–water partition coefficient (Wildman–Crippen LogP) is 4.21. The van der Waals surface area contributed by atoms with Crippen molar-refractivity contribution >= 4 is 5.97 Å². The summed E-state index contributed by atoms with van der Waals surface area (Å²) in [6.45, 7) is 6.92. The highest BCUT2D eigenvalue weighted by atomic mass is 19.4. The molecule has 0 aliphatic carbocycles. The number of carboxylic acids is 1. The third-order valence-electron chi connectivity index (χ3n) is 6.17. The maximum absolute atomic E-state index is 10.6. The third kappa shape index (κ3) is 7.43. The molecule has 1 unspecified atom stereocenters. The van der Waals surface area contributed by atoms with Gasteiger partial charge in [0.2, 0.25) is 0 Å². The van der Waals surface area contributed by atoms with Gasteiger partial charge < -0.3 is 9.84 Å². The highest BCUT2D eigenvalue weighted by Crippen LogP contribution is 2.39. The van der Waals surface area contributed by atoms with Crippen molar-refractivity contribution in [2.45, 2.75) is 38.5 Å².